The highest BCUT2D eigenvalue weighted by Crippen LogP contribution is 2.27. The van der Waals surface area contributed by atoms with Crippen LogP contribution in [0.3, 0.4) is 0 Å². The van der Waals surface area contributed by atoms with Crippen molar-refractivity contribution in [3.8, 4) is 5.75 Å². The number of amides is 1. The number of allylic oxidation sites excluding steroid dienone is 1. The molecule has 0 spiro atoms. The smallest absolute Gasteiger partial charge is 0.369 e. The molecule has 1 aliphatic rings. The van der Waals surface area contributed by atoms with Gasteiger partial charge in [-0.15, -0.1) is 0 Å². The van der Waals surface area contributed by atoms with E-state index in [9.17, 15) is 24.1 Å². The molecule has 0 atom stereocenters. The molecule has 1 aromatic carbocycles. The van der Waals surface area contributed by atoms with Gasteiger partial charge in [-0.2, -0.15) is 0 Å². The van der Waals surface area contributed by atoms with Crippen LogP contribution in [0.2, 0.25) is 0 Å². The van der Waals surface area contributed by atoms with Crippen molar-refractivity contribution in [2.75, 3.05) is 32.5 Å². The number of pyridine rings is 2. The van der Waals surface area contributed by atoms with E-state index in [1.165, 1.54) is 30.7 Å². The number of nitrogens with zero attached hydrogens (tertiary/aromatic N) is 7. The van der Waals surface area contributed by atoms with Crippen LogP contribution in [-0.2, 0) is 22.6 Å². The van der Waals surface area contributed by atoms with Gasteiger partial charge in [0, 0.05) is 29.0 Å². The lowest BCUT2D eigenvalue weighted by Crippen LogP contribution is -2.41. The number of aliphatic imine (C=N–C) groups is 1. The summed E-state index contributed by atoms with van der Waals surface area (Å²) < 4.78 is 20.7. The van der Waals surface area contributed by atoms with E-state index < -0.39 is 16.6 Å². The molecule has 1 amide bonds. The zero-order valence-corrected chi connectivity index (χ0v) is 25.6. The van der Waals surface area contributed by atoms with Gasteiger partial charge < -0.3 is 30.4 Å². The van der Waals surface area contributed by atoms with Crippen molar-refractivity contribution in [3.63, 3.8) is 0 Å². The number of anilines is 2. The first-order chi connectivity index (χ1) is 22.5. The Kier molecular flexibility index (Phi) is 9.66. The number of ketones is 1. The van der Waals surface area contributed by atoms with Gasteiger partial charge in [-0.3, -0.25) is 19.6 Å². The number of hydrogen-bond donors (Lipinski definition) is 2. The number of nitrogens with two attached hydrogens (primary N) is 1. The lowest BCUT2D eigenvalue weighted by molar-refractivity contribution is -0.880. The third-order valence-corrected chi connectivity index (χ3v) is 7.15. The summed E-state index contributed by atoms with van der Waals surface area (Å²) in [7, 11) is 3.69. The second kappa shape index (κ2) is 14.0. The largest absolute Gasteiger partial charge is 0.484 e. The fourth-order valence-electron chi connectivity index (χ4n) is 4.92. The highest BCUT2D eigenvalue weighted by atomic mass is 19.1. The van der Waals surface area contributed by atoms with Crippen LogP contribution in [0.5, 0.6) is 5.75 Å². The van der Waals surface area contributed by atoms with Crippen LogP contribution in [0.1, 0.15) is 17.8 Å². The van der Waals surface area contributed by atoms with Crippen molar-refractivity contribution in [1.29, 1.82) is 0 Å². The fraction of sp³-hybridized carbons (Fsp3) is 0.219. The summed E-state index contributed by atoms with van der Waals surface area (Å²) in [5.41, 5.74) is 7.73. The fourth-order valence-corrected chi connectivity index (χ4v) is 4.92. The number of hydrogen-bond acceptors (Lipinski definition) is 11. The first-order valence-electron chi connectivity index (χ1n) is 14.4. The molecule has 1 aliphatic heterocycles. The highest BCUT2D eigenvalue weighted by Gasteiger charge is 2.35. The van der Waals surface area contributed by atoms with Gasteiger partial charge in [-0.05, 0) is 52.4 Å². The van der Waals surface area contributed by atoms with Crippen molar-refractivity contribution in [1.82, 2.24) is 19.9 Å². The minimum absolute atomic E-state index is 0.00241. The predicted octanol–water partition coefficient (Wildman–Crippen LogP) is 3.44. The van der Waals surface area contributed by atoms with Crippen LogP contribution in [-0.4, -0.2) is 73.9 Å². The number of ether oxygens (including phenoxy) is 1. The number of carbonyl (C=O) groups is 2. The van der Waals surface area contributed by atoms with Gasteiger partial charge in [0.15, 0.2) is 17.3 Å². The maximum Gasteiger partial charge on any atom is 0.369 e. The summed E-state index contributed by atoms with van der Waals surface area (Å²) in [5.74, 6) is -1.45. The second-order valence-electron chi connectivity index (χ2n) is 11.4. The van der Waals surface area contributed by atoms with Gasteiger partial charge in [0.25, 0.3) is 5.91 Å². The third kappa shape index (κ3) is 8.40. The summed E-state index contributed by atoms with van der Waals surface area (Å²) in [5, 5.41) is 15.1. The van der Waals surface area contributed by atoms with Gasteiger partial charge in [-0.25, -0.2) is 14.4 Å². The summed E-state index contributed by atoms with van der Waals surface area (Å²) in [6.45, 7) is 0.740. The number of benzene rings is 1. The Morgan fingerprint density at radius 2 is 1.96 bits per heavy atom. The maximum absolute atomic E-state index is 14.8. The molecule has 3 aromatic heterocycles. The van der Waals surface area contributed by atoms with Gasteiger partial charge in [0.2, 0.25) is 5.71 Å². The number of carbonyl (C=O) groups excluding carboxylic acids is 2. The second-order valence-corrected chi connectivity index (χ2v) is 11.4. The molecule has 15 heteroatoms. The molecule has 47 heavy (non-hydrogen) atoms. The molecule has 0 bridgehead atoms. The van der Waals surface area contributed by atoms with E-state index in [1.54, 1.807) is 36.5 Å². The molecular weight excluding hydrogens is 609 g/mol. The zero-order valence-electron chi connectivity index (χ0n) is 25.6. The Bertz CT molecular complexity index is 1940. The van der Waals surface area contributed by atoms with Crippen molar-refractivity contribution in [3.05, 3.63) is 112 Å². The van der Waals surface area contributed by atoms with Crippen molar-refractivity contribution >= 4 is 39.8 Å². The number of nitro groups is 1. The van der Waals surface area contributed by atoms with Gasteiger partial charge in [0.1, 0.15) is 25.3 Å². The number of likely N-dealkylation sites (N-methyl/N-ethyl adjacent to an activating group) is 1. The highest BCUT2D eigenvalue weighted by molar-refractivity contribution is 6.39. The number of primary amides is 1. The molecule has 5 rings (SSSR count). The van der Waals surface area contributed by atoms with Crippen LogP contribution in [0.4, 0.5) is 15.9 Å². The minimum Gasteiger partial charge on any atom is -0.484 e. The van der Waals surface area contributed by atoms with Gasteiger partial charge in [0.05, 0.1) is 56.5 Å². The normalized spacial score (nSPS) is 13.2. The van der Waals surface area contributed by atoms with Crippen LogP contribution in [0.25, 0.3) is 10.9 Å². The maximum atomic E-state index is 14.8. The predicted molar refractivity (Wildman–Crippen MR) is 171 cm³/mol. The van der Waals surface area contributed by atoms with Crippen LogP contribution in [0.15, 0.2) is 89.7 Å². The SMILES string of the molecule is C[N+](C)(C/C=C/C(=O)Cc1cc2c(Nc3ccc(OCc4ccccn4)c(F)c3)ncnc2cn1)CC1=C([N+](=O)[O-])N=C(C(N)=O)C1. The number of rotatable bonds is 14. The topological polar surface area (TPSA) is 188 Å². The van der Waals surface area contributed by atoms with E-state index in [0.29, 0.717) is 45.9 Å². The Morgan fingerprint density at radius 1 is 1.13 bits per heavy atom. The monoisotopic (exact) mass is 640 g/mol. The summed E-state index contributed by atoms with van der Waals surface area (Å²) >= 11 is 0. The molecule has 14 nitrogen and oxygen atoms in total. The number of aromatic nitrogens is 4. The van der Waals surface area contributed by atoms with Crippen molar-refractivity contribution < 1.29 is 28.1 Å². The standard InChI is InChI=1S/C32H30FN9O5/c1-42(2,17-20-12-27(30(34)44)40-32(20)41(45)46)11-5-7-24(43)13-23-14-25-28(16-36-23)37-19-38-31(25)39-21-8-9-29(26(33)15-21)47-18-22-6-3-4-10-35-22/h3-10,14-16,19H,11-13,17-18H2,1-2H3,(H2-,34,37,38,39,44)/p+1/b7-5+. The van der Waals surface area contributed by atoms with E-state index in [2.05, 4.69) is 30.2 Å². The molecule has 4 aromatic rings. The Hall–Kier alpha value is -5.96. The van der Waals surface area contributed by atoms with Gasteiger partial charge >= 0.3 is 5.82 Å². The number of quaternary nitrogens is 1. The summed E-state index contributed by atoms with van der Waals surface area (Å²) in [6.07, 6.45) is 7.68. The van der Waals surface area contributed by atoms with Crippen LogP contribution >= 0.6 is 0 Å². The molecule has 3 N–H and O–H groups in total. The molecule has 0 saturated carbocycles. The zero-order chi connectivity index (χ0) is 33.6. The quantitative estimate of drug-likeness (QED) is 0.0894. The number of halogens is 1. The lowest BCUT2D eigenvalue weighted by atomic mass is 10.1. The molecular formula is C32H31FN9O5+. The van der Waals surface area contributed by atoms with E-state index in [4.69, 9.17) is 10.5 Å². The van der Waals surface area contributed by atoms with Crippen molar-refractivity contribution in [2.24, 2.45) is 10.7 Å². The van der Waals surface area contributed by atoms with E-state index >= 15 is 0 Å². The average molecular weight is 641 g/mol. The number of fused-ring (bicyclic) bond motifs is 1. The summed E-state index contributed by atoms with van der Waals surface area (Å²) in [6, 6.07) is 11.6. The molecule has 0 unspecified atom stereocenters. The molecule has 4 heterocycles. The Balaban J connectivity index is 1.21. The molecule has 0 radical (unpaired) electrons. The summed E-state index contributed by atoms with van der Waals surface area (Å²) in [4.78, 5) is 55.9. The van der Waals surface area contributed by atoms with E-state index in [0.717, 1.165) is 0 Å². The Morgan fingerprint density at radius 3 is 2.68 bits per heavy atom. The third-order valence-electron chi connectivity index (χ3n) is 7.15. The average Bonchev–Trinajstić information content (AvgIpc) is 3.45. The van der Waals surface area contributed by atoms with Crippen molar-refractivity contribution in [2.45, 2.75) is 19.4 Å². The van der Waals surface area contributed by atoms with Gasteiger partial charge in [-0.1, -0.05) is 6.07 Å². The molecule has 240 valence electrons. The Labute approximate surface area is 268 Å². The van der Waals surface area contributed by atoms with E-state index in [-0.39, 0.29) is 53.5 Å². The first-order valence-corrected chi connectivity index (χ1v) is 14.4. The number of nitrogens with one attached hydrogen (secondary N) is 1. The van der Waals surface area contributed by atoms with E-state index in [1.807, 2.05) is 20.2 Å². The molecule has 0 saturated heterocycles. The molecule has 0 aliphatic carbocycles. The molecule has 0 fully saturated rings. The minimum atomic E-state index is -0.794. The van der Waals surface area contributed by atoms with Crippen LogP contribution < -0.4 is 15.8 Å². The van der Waals surface area contributed by atoms with Crippen LogP contribution in [0, 0.1) is 15.9 Å². The lowest BCUT2D eigenvalue weighted by Gasteiger charge is -2.28. The first kappa shape index (κ1) is 32.4.